The molecule has 1 aromatic rings. The van der Waals surface area contributed by atoms with Crippen molar-refractivity contribution in [2.24, 2.45) is 0 Å². The molecule has 2 rings (SSSR count). The van der Waals surface area contributed by atoms with E-state index >= 15 is 0 Å². The number of amides is 2. The number of likely N-dealkylation sites (N-methyl/N-ethyl adjacent to an activating group) is 1. The zero-order valence-electron chi connectivity index (χ0n) is 16.5. The van der Waals surface area contributed by atoms with Crippen LogP contribution in [0.15, 0.2) is 24.3 Å². The summed E-state index contributed by atoms with van der Waals surface area (Å²) in [5.74, 6) is -0.275. The lowest BCUT2D eigenvalue weighted by atomic mass is 10.2. The van der Waals surface area contributed by atoms with Crippen LogP contribution < -0.4 is 15.1 Å². The predicted molar refractivity (Wildman–Crippen MR) is 104 cm³/mol. The van der Waals surface area contributed by atoms with Crippen molar-refractivity contribution in [3.05, 3.63) is 30.1 Å². The third-order valence-electron chi connectivity index (χ3n) is 5.19. The Morgan fingerprint density at radius 1 is 1.04 bits per heavy atom. The summed E-state index contributed by atoms with van der Waals surface area (Å²) < 4.78 is 13.0. The van der Waals surface area contributed by atoms with Gasteiger partial charge in [0.1, 0.15) is 5.82 Å². The van der Waals surface area contributed by atoms with Gasteiger partial charge in [0.15, 0.2) is 0 Å². The van der Waals surface area contributed by atoms with Crippen LogP contribution in [-0.2, 0) is 9.59 Å². The normalized spacial score (nSPS) is 14.5. The SMILES string of the molecule is CC[NH+](CC)CCNC(=O)CCC(=O)N1CCN(c2ccc(F)cc2)CC1. The Labute approximate surface area is 161 Å². The van der Waals surface area contributed by atoms with E-state index < -0.39 is 0 Å². The maximum absolute atomic E-state index is 13.0. The van der Waals surface area contributed by atoms with Crippen LogP contribution in [0.1, 0.15) is 26.7 Å². The van der Waals surface area contributed by atoms with Crippen molar-refractivity contribution in [1.82, 2.24) is 10.2 Å². The highest BCUT2D eigenvalue weighted by Crippen LogP contribution is 2.17. The van der Waals surface area contributed by atoms with Crippen LogP contribution in [0.4, 0.5) is 10.1 Å². The number of benzene rings is 1. The van der Waals surface area contributed by atoms with Crippen molar-refractivity contribution in [2.45, 2.75) is 26.7 Å². The quantitative estimate of drug-likeness (QED) is 0.649. The van der Waals surface area contributed by atoms with E-state index in [1.54, 1.807) is 12.1 Å². The van der Waals surface area contributed by atoms with Crippen molar-refractivity contribution >= 4 is 17.5 Å². The highest BCUT2D eigenvalue weighted by molar-refractivity contribution is 5.83. The summed E-state index contributed by atoms with van der Waals surface area (Å²) in [6, 6.07) is 6.43. The number of anilines is 1. The second-order valence-electron chi connectivity index (χ2n) is 6.90. The van der Waals surface area contributed by atoms with Gasteiger partial charge in [-0.15, -0.1) is 0 Å². The maximum atomic E-state index is 13.0. The zero-order valence-corrected chi connectivity index (χ0v) is 16.5. The van der Waals surface area contributed by atoms with E-state index in [-0.39, 0.29) is 30.5 Å². The number of nitrogens with zero attached hydrogens (tertiary/aromatic N) is 2. The van der Waals surface area contributed by atoms with Gasteiger partial charge >= 0.3 is 0 Å². The van der Waals surface area contributed by atoms with Crippen LogP contribution >= 0.6 is 0 Å². The maximum Gasteiger partial charge on any atom is 0.223 e. The molecule has 7 heteroatoms. The van der Waals surface area contributed by atoms with Crippen molar-refractivity contribution < 1.29 is 18.9 Å². The standard InChI is InChI=1S/C20H31FN4O2/c1-3-23(4-2)12-11-22-19(26)9-10-20(27)25-15-13-24(14-16-25)18-7-5-17(21)6-8-18/h5-8H,3-4,9-16H2,1-2H3,(H,22,26)/p+1. The van der Waals surface area contributed by atoms with Crippen molar-refractivity contribution in [3.8, 4) is 0 Å². The molecule has 0 aromatic heterocycles. The first kappa shape index (κ1) is 21.2. The molecule has 1 heterocycles. The first-order chi connectivity index (χ1) is 13.0. The zero-order chi connectivity index (χ0) is 19.6. The monoisotopic (exact) mass is 379 g/mol. The molecule has 0 radical (unpaired) electrons. The summed E-state index contributed by atoms with van der Waals surface area (Å²) in [7, 11) is 0. The number of carbonyl (C=O) groups excluding carboxylic acids is 2. The number of hydrogen-bond donors (Lipinski definition) is 2. The summed E-state index contributed by atoms with van der Waals surface area (Å²) in [5.41, 5.74) is 0.971. The average molecular weight is 380 g/mol. The van der Waals surface area contributed by atoms with E-state index in [1.807, 2.05) is 4.90 Å². The van der Waals surface area contributed by atoms with Gasteiger partial charge in [-0.2, -0.15) is 0 Å². The molecule has 0 bridgehead atoms. The van der Waals surface area contributed by atoms with Gasteiger partial charge < -0.3 is 20.0 Å². The summed E-state index contributed by atoms with van der Waals surface area (Å²) in [5, 5.41) is 2.90. The largest absolute Gasteiger partial charge is 0.368 e. The van der Waals surface area contributed by atoms with Gasteiger partial charge in [0.05, 0.1) is 26.2 Å². The van der Waals surface area contributed by atoms with Gasteiger partial charge in [-0.05, 0) is 38.1 Å². The lowest BCUT2D eigenvalue weighted by Crippen LogP contribution is -3.12. The lowest BCUT2D eigenvalue weighted by molar-refractivity contribution is -0.895. The van der Waals surface area contributed by atoms with E-state index in [4.69, 9.17) is 0 Å². The molecular weight excluding hydrogens is 347 g/mol. The Kier molecular flexibility index (Phi) is 8.51. The lowest BCUT2D eigenvalue weighted by Gasteiger charge is -2.36. The molecule has 0 aliphatic carbocycles. The van der Waals surface area contributed by atoms with Gasteiger partial charge in [0.25, 0.3) is 0 Å². The number of carbonyl (C=O) groups is 2. The van der Waals surface area contributed by atoms with Gasteiger partial charge in [0.2, 0.25) is 11.8 Å². The highest BCUT2D eigenvalue weighted by atomic mass is 19.1. The van der Waals surface area contributed by atoms with Crippen LogP contribution in [-0.4, -0.2) is 69.1 Å². The molecule has 150 valence electrons. The Morgan fingerprint density at radius 3 is 2.26 bits per heavy atom. The average Bonchev–Trinajstić information content (AvgIpc) is 2.70. The fourth-order valence-corrected chi connectivity index (χ4v) is 3.32. The molecule has 2 N–H and O–H groups in total. The summed E-state index contributed by atoms with van der Waals surface area (Å²) in [4.78, 5) is 29.7. The molecule has 1 aliphatic rings. The number of rotatable bonds is 9. The molecule has 0 unspecified atom stereocenters. The number of quaternary nitrogens is 1. The van der Waals surface area contributed by atoms with E-state index in [9.17, 15) is 14.0 Å². The molecule has 1 aromatic carbocycles. The summed E-state index contributed by atoms with van der Waals surface area (Å²) >= 11 is 0. The minimum absolute atomic E-state index is 0.0262. The topological polar surface area (TPSA) is 57.1 Å². The van der Waals surface area contributed by atoms with Crippen LogP contribution in [0.3, 0.4) is 0 Å². The first-order valence-corrected chi connectivity index (χ1v) is 9.92. The van der Waals surface area contributed by atoms with E-state index in [0.29, 0.717) is 19.6 Å². The van der Waals surface area contributed by atoms with Gasteiger partial charge in [-0.25, -0.2) is 4.39 Å². The number of halogens is 1. The van der Waals surface area contributed by atoms with E-state index in [1.165, 1.54) is 17.0 Å². The predicted octanol–water partition coefficient (Wildman–Crippen LogP) is 0.295. The van der Waals surface area contributed by atoms with Gasteiger partial charge in [0, 0.05) is 44.7 Å². The minimum atomic E-state index is -0.246. The molecule has 2 amide bonds. The Hall–Kier alpha value is -2.15. The highest BCUT2D eigenvalue weighted by Gasteiger charge is 2.21. The van der Waals surface area contributed by atoms with Crippen molar-refractivity contribution in [2.75, 3.05) is 57.3 Å². The van der Waals surface area contributed by atoms with E-state index in [0.717, 1.165) is 38.4 Å². The Bertz CT molecular complexity index is 597. The number of hydrogen-bond acceptors (Lipinski definition) is 3. The third kappa shape index (κ3) is 6.82. The van der Waals surface area contributed by atoms with E-state index in [2.05, 4.69) is 24.1 Å². The Morgan fingerprint density at radius 2 is 1.67 bits per heavy atom. The first-order valence-electron chi connectivity index (χ1n) is 9.92. The molecule has 6 nitrogen and oxygen atoms in total. The van der Waals surface area contributed by atoms with Gasteiger partial charge in [-0.1, -0.05) is 0 Å². The molecule has 0 atom stereocenters. The fourth-order valence-electron chi connectivity index (χ4n) is 3.32. The third-order valence-corrected chi connectivity index (χ3v) is 5.19. The molecule has 1 fully saturated rings. The summed E-state index contributed by atoms with van der Waals surface area (Å²) in [6.07, 6.45) is 0.491. The molecule has 1 aliphatic heterocycles. The Balaban J connectivity index is 1.65. The molecule has 0 saturated carbocycles. The minimum Gasteiger partial charge on any atom is -0.368 e. The van der Waals surface area contributed by atoms with Crippen molar-refractivity contribution in [3.63, 3.8) is 0 Å². The second-order valence-corrected chi connectivity index (χ2v) is 6.90. The van der Waals surface area contributed by atoms with Crippen LogP contribution in [0.5, 0.6) is 0 Å². The molecular formula is C20H32FN4O2+. The molecule has 1 saturated heterocycles. The van der Waals surface area contributed by atoms with Crippen LogP contribution in [0.2, 0.25) is 0 Å². The fraction of sp³-hybridized carbons (Fsp3) is 0.600. The molecule has 0 spiro atoms. The van der Waals surface area contributed by atoms with Crippen LogP contribution in [0, 0.1) is 5.82 Å². The molecule has 27 heavy (non-hydrogen) atoms. The second kappa shape index (κ2) is 10.9. The number of piperazine rings is 1. The van der Waals surface area contributed by atoms with Gasteiger partial charge in [-0.3, -0.25) is 9.59 Å². The number of nitrogens with one attached hydrogen (secondary N) is 2. The van der Waals surface area contributed by atoms with Crippen LogP contribution in [0.25, 0.3) is 0 Å². The smallest absolute Gasteiger partial charge is 0.223 e. The summed E-state index contributed by atoms with van der Waals surface area (Å²) in [6.45, 7) is 10.6. The van der Waals surface area contributed by atoms with Crippen molar-refractivity contribution in [1.29, 1.82) is 0 Å².